The largest absolute Gasteiger partial charge is 0.454 e. The van der Waals surface area contributed by atoms with Crippen LogP contribution in [0.3, 0.4) is 0 Å². The minimum Gasteiger partial charge on any atom is -0.454 e. The minimum absolute atomic E-state index is 0.214. The fourth-order valence-electron chi connectivity index (χ4n) is 5.27. The molecule has 32 heavy (non-hydrogen) atoms. The summed E-state index contributed by atoms with van der Waals surface area (Å²) in [4.78, 5) is 17.9. The number of quaternary nitrogens is 1. The van der Waals surface area contributed by atoms with Crippen molar-refractivity contribution in [3.05, 3.63) is 89.7 Å². The number of benzene rings is 2. The summed E-state index contributed by atoms with van der Waals surface area (Å²) in [5.41, 5.74) is 2.31. The highest BCUT2D eigenvalue weighted by molar-refractivity contribution is 5.96. The van der Waals surface area contributed by atoms with Crippen LogP contribution in [-0.2, 0) is 21.6 Å². The molecular formula is C27H29N2O3+. The van der Waals surface area contributed by atoms with E-state index in [9.17, 15) is 9.90 Å². The van der Waals surface area contributed by atoms with Crippen molar-refractivity contribution in [3.8, 4) is 11.1 Å². The van der Waals surface area contributed by atoms with E-state index in [4.69, 9.17) is 4.74 Å². The molecule has 1 aliphatic heterocycles. The molecule has 0 saturated carbocycles. The number of aromatic nitrogens is 1. The minimum atomic E-state index is -1.76. The number of hydrogen-bond donors (Lipinski definition) is 1. The van der Waals surface area contributed by atoms with Crippen molar-refractivity contribution >= 4 is 5.97 Å². The van der Waals surface area contributed by atoms with Crippen molar-refractivity contribution in [2.75, 3.05) is 26.7 Å². The van der Waals surface area contributed by atoms with Crippen LogP contribution in [-0.4, -0.2) is 53.3 Å². The molecule has 2 atom stereocenters. The first-order chi connectivity index (χ1) is 15.5. The highest BCUT2D eigenvalue weighted by atomic mass is 16.6. The zero-order chi connectivity index (χ0) is 22.2. The van der Waals surface area contributed by atoms with Gasteiger partial charge in [-0.2, -0.15) is 0 Å². The van der Waals surface area contributed by atoms with E-state index in [1.165, 1.54) is 0 Å². The van der Waals surface area contributed by atoms with E-state index in [1.807, 2.05) is 66.9 Å². The predicted octanol–water partition coefficient (Wildman–Crippen LogP) is 3.69. The van der Waals surface area contributed by atoms with Crippen LogP contribution in [0.25, 0.3) is 11.1 Å². The van der Waals surface area contributed by atoms with E-state index in [1.54, 1.807) is 0 Å². The van der Waals surface area contributed by atoms with Gasteiger partial charge in [-0.05, 0) is 29.7 Å². The number of carbonyl (C=O) groups excluding carboxylic acids is 1. The quantitative estimate of drug-likeness (QED) is 0.496. The Bertz CT molecular complexity index is 1090. The van der Waals surface area contributed by atoms with Crippen LogP contribution in [0.1, 0.15) is 29.7 Å². The van der Waals surface area contributed by atoms with Gasteiger partial charge < -0.3 is 14.3 Å². The molecule has 0 spiro atoms. The van der Waals surface area contributed by atoms with Gasteiger partial charge in [0.2, 0.25) is 5.60 Å². The number of likely N-dealkylation sites (tertiary alicyclic amines) is 1. The molecule has 1 aliphatic carbocycles. The first-order valence-corrected chi connectivity index (χ1v) is 11.4. The molecule has 1 fully saturated rings. The highest BCUT2D eigenvalue weighted by Gasteiger charge is 2.50. The number of nitrogens with zero attached hydrogens (tertiary/aromatic N) is 2. The van der Waals surface area contributed by atoms with Crippen LogP contribution in [0.4, 0.5) is 0 Å². The fourth-order valence-corrected chi connectivity index (χ4v) is 5.27. The standard InChI is InChI=1S/C27H29N2O3/c1-29(18-15-20-9-6-7-16-28-20)17-8-10-21(19-29)32-26(30)27(31)24-13-4-2-11-22(24)23-12-3-5-14-25(23)27/h2-7,9,11-14,16,21,31H,8,10,15,17-19H2,1H3/q+1/t21?,29-/m1/s1. The summed E-state index contributed by atoms with van der Waals surface area (Å²) in [7, 11) is 2.22. The molecule has 5 nitrogen and oxygen atoms in total. The smallest absolute Gasteiger partial charge is 0.348 e. The van der Waals surface area contributed by atoms with E-state index in [0.717, 1.165) is 60.2 Å². The van der Waals surface area contributed by atoms with E-state index >= 15 is 0 Å². The Morgan fingerprint density at radius 1 is 1.06 bits per heavy atom. The number of fused-ring (bicyclic) bond motifs is 3. The molecule has 2 aromatic carbocycles. The second-order valence-corrected chi connectivity index (χ2v) is 9.29. The molecular weight excluding hydrogens is 400 g/mol. The summed E-state index contributed by atoms with van der Waals surface area (Å²) < 4.78 is 6.85. The van der Waals surface area contributed by atoms with E-state index < -0.39 is 11.6 Å². The maximum atomic E-state index is 13.5. The van der Waals surface area contributed by atoms with E-state index in [0.29, 0.717) is 11.1 Å². The maximum Gasteiger partial charge on any atom is 0.348 e. The van der Waals surface area contributed by atoms with Crippen LogP contribution in [0, 0.1) is 0 Å². The molecule has 1 unspecified atom stereocenters. The lowest BCUT2D eigenvalue weighted by Gasteiger charge is -2.41. The topological polar surface area (TPSA) is 59.4 Å². The predicted molar refractivity (Wildman–Crippen MR) is 123 cm³/mol. The third-order valence-electron chi connectivity index (χ3n) is 7.00. The molecule has 3 aromatic rings. The van der Waals surface area contributed by atoms with Gasteiger partial charge in [-0.1, -0.05) is 54.6 Å². The molecule has 0 bridgehead atoms. The van der Waals surface area contributed by atoms with Crippen LogP contribution < -0.4 is 0 Å². The Hall–Kier alpha value is -3.02. The zero-order valence-electron chi connectivity index (χ0n) is 18.4. The summed E-state index contributed by atoms with van der Waals surface area (Å²) in [6.45, 7) is 2.75. The van der Waals surface area contributed by atoms with Gasteiger partial charge in [0, 0.05) is 35.9 Å². The highest BCUT2D eigenvalue weighted by Crippen LogP contribution is 2.48. The second-order valence-electron chi connectivity index (χ2n) is 9.29. The van der Waals surface area contributed by atoms with Gasteiger partial charge in [-0.25, -0.2) is 4.79 Å². The van der Waals surface area contributed by atoms with Gasteiger partial charge >= 0.3 is 5.97 Å². The SMILES string of the molecule is C[N@+]1(CCc2ccccn2)CCCC(OC(=O)C2(O)c3ccccc3-c3ccccc32)C1. The third kappa shape index (κ3) is 3.61. The average molecular weight is 430 g/mol. The van der Waals surface area contributed by atoms with Gasteiger partial charge in [0.05, 0.1) is 20.1 Å². The fraction of sp³-hybridized carbons (Fsp3) is 0.333. The number of esters is 1. The number of aliphatic hydroxyl groups is 1. The molecule has 1 N–H and O–H groups in total. The number of pyridine rings is 1. The monoisotopic (exact) mass is 429 g/mol. The Kier molecular flexibility index (Phi) is 5.31. The van der Waals surface area contributed by atoms with Crippen molar-refractivity contribution in [1.82, 2.24) is 4.98 Å². The van der Waals surface area contributed by atoms with Gasteiger partial charge in [0.15, 0.2) is 6.10 Å². The Morgan fingerprint density at radius 3 is 2.38 bits per heavy atom. The summed E-state index contributed by atoms with van der Waals surface area (Å²) in [5.74, 6) is -0.571. The van der Waals surface area contributed by atoms with Gasteiger partial charge in [0.25, 0.3) is 0 Å². The van der Waals surface area contributed by atoms with Crippen LogP contribution >= 0.6 is 0 Å². The Morgan fingerprint density at radius 2 is 1.72 bits per heavy atom. The lowest BCUT2D eigenvalue weighted by molar-refractivity contribution is -0.916. The lowest BCUT2D eigenvalue weighted by Crippen LogP contribution is -2.55. The van der Waals surface area contributed by atoms with E-state index in [2.05, 4.69) is 18.1 Å². The first kappa shape index (κ1) is 20.9. The number of ether oxygens (including phenoxy) is 1. The lowest BCUT2D eigenvalue weighted by atomic mass is 9.91. The van der Waals surface area contributed by atoms with Crippen LogP contribution in [0.15, 0.2) is 72.9 Å². The summed E-state index contributed by atoms with van der Waals surface area (Å²) in [6.07, 6.45) is 4.32. The van der Waals surface area contributed by atoms with Gasteiger partial charge in [-0.15, -0.1) is 0 Å². The van der Waals surface area contributed by atoms with Crippen molar-refractivity contribution in [3.63, 3.8) is 0 Å². The average Bonchev–Trinajstić information content (AvgIpc) is 3.09. The molecule has 1 saturated heterocycles. The molecule has 164 valence electrons. The Labute approximate surface area is 188 Å². The summed E-state index contributed by atoms with van der Waals surface area (Å²) in [5, 5.41) is 11.7. The number of hydrogen-bond acceptors (Lipinski definition) is 4. The number of rotatable bonds is 5. The van der Waals surface area contributed by atoms with Crippen molar-refractivity contribution < 1.29 is 19.1 Å². The molecule has 5 rings (SSSR count). The Balaban J connectivity index is 1.34. The molecule has 2 aliphatic rings. The number of likely N-dealkylation sites (N-methyl/N-ethyl adjacent to an activating group) is 1. The number of carbonyl (C=O) groups is 1. The normalized spacial score (nSPS) is 23.2. The summed E-state index contributed by atoms with van der Waals surface area (Å²) >= 11 is 0. The second kappa shape index (κ2) is 8.15. The zero-order valence-corrected chi connectivity index (χ0v) is 18.4. The molecule has 0 amide bonds. The molecule has 0 radical (unpaired) electrons. The first-order valence-electron chi connectivity index (χ1n) is 11.4. The van der Waals surface area contributed by atoms with Crippen LogP contribution in [0.5, 0.6) is 0 Å². The van der Waals surface area contributed by atoms with Crippen molar-refractivity contribution in [2.24, 2.45) is 0 Å². The van der Waals surface area contributed by atoms with Crippen molar-refractivity contribution in [1.29, 1.82) is 0 Å². The third-order valence-corrected chi connectivity index (χ3v) is 7.00. The molecule has 1 aromatic heterocycles. The van der Waals surface area contributed by atoms with Gasteiger partial charge in [-0.3, -0.25) is 4.98 Å². The van der Waals surface area contributed by atoms with E-state index in [-0.39, 0.29) is 6.10 Å². The maximum absolute atomic E-state index is 13.5. The molecule has 5 heteroatoms. The molecule has 2 heterocycles. The van der Waals surface area contributed by atoms with Crippen molar-refractivity contribution in [2.45, 2.75) is 31.0 Å². The van der Waals surface area contributed by atoms with Crippen LogP contribution in [0.2, 0.25) is 0 Å². The summed E-state index contributed by atoms with van der Waals surface area (Å²) in [6, 6.07) is 21.1. The van der Waals surface area contributed by atoms with Gasteiger partial charge in [0.1, 0.15) is 6.54 Å². The number of piperidine rings is 1.